The van der Waals surface area contributed by atoms with Crippen molar-refractivity contribution in [1.29, 1.82) is 0 Å². The van der Waals surface area contributed by atoms with Crippen molar-refractivity contribution >= 4 is 0 Å². The third-order valence-electron chi connectivity index (χ3n) is 0.882. The number of likely N-dealkylation sites (N-methyl/N-ethyl adjacent to an activating group) is 1. The zero-order valence-corrected chi connectivity index (χ0v) is 6.09. The molecular formula is C7H15N2+. The monoisotopic (exact) mass is 127 g/mol. The Labute approximate surface area is 56.6 Å². The quantitative estimate of drug-likeness (QED) is 0.488. The normalized spacial score (nSPS) is 11.3. The Hall–Kier alpha value is -0.760. The van der Waals surface area contributed by atoms with E-state index in [2.05, 4.69) is 16.7 Å². The molecule has 0 atom stereocenters. The van der Waals surface area contributed by atoms with E-state index in [9.17, 15) is 0 Å². The molecule has 0 rings (SSSR count). The number of hydrogen-bond acceptors (Lipinski definition) is 1. The Morgan fingerprint density at radius 3 is 2.78 bits per heavy atom. The molecule has 0 aliphatic carbocycles. The molecule has 0 aromatic carbocycles. The fourth-order valence-corrected chi connectivity index (χ4v) is 0.445. The number of rotatable bonds is 4. The van der Waals surface area contributed by atoms with Crippen molar-refractivity contribution in [2.45, 2.75) is 0 Å². The molecular weight excluding hydrogens is 112 g/mol. The number of nitrogens with two attached hydrogens (primary N) is 1. The molecule has 0 radical (unpaired) electrons. The van der Waals surface area contributed by atoms with Crippen LogP contribution in [0.3, 0.4) is 0 Å². The van der Waals surface area contributed by atoms with E-state index in [-0.39, 0.29) is 0 Å². The lowest BCUT2D eigenvalue weighted by Crippen LogP contribution is -2.79. The molecule has 0 saturated heterocycles. The zero-order chi connectivity index (χ0) is 6.95. The van der Waals surface area contributed by atoms with E-state index in [1.807, 2.05) is 32.4 Å². The zero-order valence-electron chi connectivity index (χ0n) is 6.09. The van der Waals surface area contributed by atoms with Crippen molar-refractivity contribution in [3.63, 3.8) is 0 Å². The van der Waals surface area contributed by atoms with Crippen molar-refractivity contribution in [3.8, 4) is 0 Å². The van der Waals surface area contributed by atoms with Gasteiger partial charge in [-0.25, -0.2) is 0 Å². The fraction of sp³-hybridized carbons (Fsp3) is 0.429. The summed E-state index contributed by atoms with van der Waals surface area (Å²) in [5.74, 6) is 0. The second-order valence-corrected chi connectivity index (χ2v) is 1.72. The van der Waals surface area contributed by atoms with Gasteiger partial charge in [0.2, 0.25) is 0 Å². The van der Waals surface area contributed by atoms with Gasteiger partial charge in [-0.1, -0.05) is 6.08 Å². The van der Waals surface area contributed by atoms with E-state index in [0.717, 1.165) is 6.54 Å². The van der Waals surface area contributed by atoms with Gasteiger partial charge in [0.1, 0.15) is 0 Å². The molecule has 0 aliphatic heterocycles. The van der Waals surface area contributed by atoms with Crippen LogP contribution in [0.15, 0.2) is 24.4 Å². The largest absolute Gasteiger partial charge is 0.394 e. The highest BCUT2D eigenvalue weighted by Gasteiger charge is 1.68. The minimum Gasteiger partial charge on any atom is -0.394 e. The first-order valence-electron chi connectivity index (χ1n) is 3.18. The first kappa shape index (κ1) is 8.24. The Balaban J connectivity index is 3.13. The van der Waals surface area contributed by atoms with Crippen LogP contribution >= 0.6 is 0 Å². The second-order valence-electron chi connectivity index (χ2n) is 1.72. The summed E-state index contributed by atoms with van der Waals surface area (Å²) >= 11 is 0. The molecule has 0 amide bonds. The summed E-state index contributed by atoms with van der Waals surface area (Å²) in [5.41, 5.74) is 0. The van der Waals surface area contributed by atoms with Gasteiger partial charge in [-0.15, -0.1) is 0 Å². The number of quaternary nitrogens is 1. The highest BCUT2D eigenvalue weighted by Crippen LogP contribution is 1.69. The maximum Gasteiger partial charge on any atom is 0.0943 e. The highest BCUT2D eigenvalue weighted by atomic mass is 14.8. The molecule has 0 aromatic rings. The maximum atomic E-state index is 2.90. The molecule has 0 bridgehead atoms. The lowest BCUT2D eigenvalue weighted by molar-refractivity contribution is -0.617. The van der Waals surface area contributed by atoms with Gasteiger partial charge in [0.15, 0.2) is 0 Å². The van der Waals surface area contributed by atoms with Crippen LogP contribution in [0, 0.1) is 0 Å². The van der Waals surface area contributed by atoms with Crippen molar-refractivity contribution in [2.75, 3.05) is 20.6 Å². The lowest BCUT2D eigenvalue weighted by atomic mass is 10.5. The molecule has 0 spiro atoms. The molecule has 0 aromatic heterocycles. The van der Waals surface area contributed by atoms with E-state index in [0.29, 0.717) is 0 Å². The summed E-state index contributed by atoms with van der Waals surface area (Å²) in [6.45, 7) is 1.05. The SMILES string of the molecule is CNC=CC=CC[NH2+]C. The van der Waals surface area contributed by atoms with Gasteiger partial charge in [0, 0.05) is 7.05 Å². The minimum atomic E-state index is 1.05. The second kappa shape index (κ2) is 7.24. The third-order valence-corrected chi connectivity index (χ3v) is 0.882. The molecule has 2 heteroatoms. The minimum absolute atomic E-state index is 1.05. The lowest BCUT2D eigenvalue weighted by Gasteiger charge is -1.82. The summed E-state index contributed by atoms with van der Waals surface area (Å²) in [6.07, 6.45) is 8.00. The van der Waals surface area contributed by atoms with E-state index in [1.165, 1.54) is 0 Å². The van der Waals surface area contributed by atoms with E-state index < -0.39 is 0 Å². The topological polar surface area (TPSA) is 28.6 Å². The predicted molar refractivity (Wildman–Crippen MR) is 40.1 cm³/mol. The standard InChI is InChI=1S/C7H14N2/c1-8-6-4-3-5-7-9-2/h3-6,8-9H,7H2,1-2H3/p+1. The number of allylic oxidation sites excluding steroid dienone is 2. The summed E-state index contributed by atoms with van der Waals surface area (Å²) in [6, 6.07) is 0. The van der Waals surface area contributed by atoms with Crippen molar-refractivity contribution in [2.24, 2.45) is 0 Å². The Morgan fingerprint density at radius 2 is 2.22 bits per heavy atom. The van der Waals surface area contributed by atoms with Gasteiger partial charge in [-0.2, -0.15) is 0 Å². The molecule has 0 unspecified atom stereocenters. The molecule has 0 saturated carbocycles. The van der Waals surface area contributed by atoms with Gasteiger partial charge in [-0.05, 0) is 18.4 Å². The van der Waals surface area contributed by atoms with Gasteiger partial charge >= 0.3 is 0 Å². The van der Waals surface area contributed by atoms with Crippen molar-refractivity contribution in [3.05, 3.63) is 24.4 Å². The van der Waals surface area contributed by atoms with Gasteiger partial charge in [-0.3, -0.25) is 0 Å². The summed E-state index contributed by atoms with van der Waals surface area (Å²) in [4.78, 5) is 0. The van der Waals surface area contributed by atoms with Crippen LogP contribution in [0.1, 0.15) is 0 Å². The van der Waals surface area contributed by atoms with Crippen LogP contribution in [0.4, 0.5) is 0 Å². The van der Waals surface area contributed by atoms with Gasteiger partial charge in [0.05, 0.1) is 13.6 Å². The van der Waals surface area contributed by atoms with Crippen molar-refractivity contribution < 1.29 is 5.32 Å². The fourth-order valence-electron chi connectivity index (χ4n) is 0.445. The number of nitrogens with one attached hydrogen (secondary N) is 1. The molecule has 9 heavy (non-hydrogen) atoms. The maximum absolute atomic E-state index is 2.90. The average molecular weight is 127 g/mol. The average Bonchev–Trinajstić information content (AvgIpc) is 1.89. The van der Waals surface area contributed by atoms with Crippen LogP contribution in [0.5, 0.6) is 0 Å². The Bertz CT molecular complexity index is 95.1. The molecule has 52 valence electrons. The molecule has 0 heterocycles. The van der Waals surface area contributed by atoms with Crippen molar-refractivity contribution in [1.82, 2.24) is 5.32 Å². The van der Waals surface area contributed by atoms with Crippen LogP contribution in [-0.4, -0.2) is 20.6 Å². The Morgan fingerprint density at radius 1 is 1.44 bits per heavy atom. The number of hydrogen-bond donors (Lipinski definition) is 2. The highest BCUT2D eigenvalue weighted by molar-refractivity contribution is 5.00. The van der Waals surface area contributed by atoms with Gasteiger partial charge < -0.3 is 10.6 Å². The molecule has 0 aliphatic rings. The Kier molecular flexibility index (Phi) is 6.63. The molecule has 2 nitrogen and oxygen atoms in total. The molecule has 0 fully saturated rings. The van der Waals surface area contributed by atoms with E-state index in [4.69, 9.17) is 0 Å². The van der Waals surface area contributed by atoms with Crippen LogP contribution < -0.4 is 10.6 Å². The van der Waals surface area contributed by atoms with Crippen LogP contribution in [0.2, 0.25) is 0 Å². The van der Waals surface area contributed by atoms with Gasteiger partial charge in [0.25, 0.3) is 0 Å². The van der Waals surface area contributed by atoms with Crippen LogP contribution in [-0.2, 0) is 0 Å². The summed E-state index contributed by atoms with van der Waals surface area (Å²) in [5, 5.41) is 5.02. The first-order valence-corrected chi connectivity index (χ1v) is 3.18. The van der Waals surface area contributed by atoms with E-state index in [1.54, 1.807) is 0 Å². The molecule has 3 N–H and O–H groups in total. The van der Waals surface area contributed by atoms with E-state index >= 15 is 0 Å². The summed E-state index contributed by atoms with van der Waals surface area (Å²) < 4.78 is 0. The predicted octanol–water partition coefficient (Wildman–Crippen LogP) is -0.531. The van der Waals surface area contributed by atoms with Crippen LogP contribution in [0.25, 0.3) is 0 Å². The first-order chi connectivity index (χ1) is 4.41. The summed E-state index contributed by atoms with van der Waals surface area (Å²) in [7, 11) is 3.93. The smallest absolute Gasteiger partial charge is 0.0943 e. The third kappa shape index (κ3) is 7.24.